The summed E-state index contributed by atoms with van der Waals surface area (Å²) in [6, 6.07) is 7.76. The molecule has 0 saturated carbocycles. The average Bonchev–Trinajstić information content (AvgIpc) is 3.24. The normalized spacial score (nSPS) is 17.6. The van der Waals surface area contributed by atoms with Crippen molar-refractivity contribution in [3.63, 3.8) is 0 Å². The Hall–Kier alpha value is -4.21. The van der Waals surface area contributed by atoms with Crippen LogP contribution >= 0.6 is 0 Å². The minimum Gasteiger partial charge on any atom is -0.491 e. The molecule has 1 aliphatic carbocycles. The zero-order valence-corrected chi connectivity index (χ0v) is 22.5. The first kappa shape index (κ1) is 25.1. The van der Waals surface area contributed by atoms with Gasteiger partial charge in [0.05, 0.1) is 18.1 Å². The molecule has 0 spiro atoms. The fourth-order valence-corrected chi connectivity index (χ4v) is 5.69. The maximum absolute atomic E-state index is 11.0. The fraction of sp³-hybridized carbons (Fsp3) is 0.414. The SMILES string of the molecule is CC[C@H]1CCc2c(nc(C)nc2N2CCOc3ccc(-c4cnc5nc([C@H](C)NC(=O)O)[nH]c5c4)cc3C2)C1. The summed E-state index contributed by atoms with van der Waals surface area (Å²) in [6.45, 7) is 8.05. The topological polar surface area (TPSA) is 129 Å². The third kappa shape index (κ3) is 4.98. The summed E-state index contributed by atoms with van der Waals surface area (Å²) in [5.74, 6) is 3.98. The number of aromatic nitrogens is 5. The Morgan fingerprint density at radius 3 is 2.95 bits per heavy atom. The number of nitrogens with one attached hydrogen (secondary N) is 2. The third-order valence-electron chi connectivity index (χ3n) is 7.82. The van der Waals surface area contributed by atoms with Crippen molar-refractivity contribution in [1.82, 2.24) is 30.2 Å². The molecule has 1 aliphatic heterocycles. The van der Waals surface area contributed by atoms with Crippen LogP contribution in [0.1, 0.15) is 61.2 Å². The molecule has 1 amide bonds. The van der Waals surface area contributed by atoms with Gasteiger partial charge in [-0.2, -0.15) is 0 Å². The van der Waals surface area contributed by atoms with Gasteiger partial charge in [0.1, 0.15) is 29.8 Å². The molecule has 2 aliphatic rings. The summed E-state index contributed by atoms with van der Waals surface area (Å²) in [5, 5.41) is 11.4. The number of hydrogen-bond acceptors (Lipinski definition) is 7. The Morgan fingerprint density at radius 1 is 1.26 bits per heavy atom. The summed E-state index contributed by atoms with van der Waals surface area (Å²) in [4.78, 5) is 35.3. The number of ether oxygens (including phenoxy) is 1. The number of carboxylic acid groups (broad SMARTS) is 1. The van der Waals surface area contributed by atoms with E-state index in [1.165, 1.54) is 24.1 Å². The second-order valence-electron chi connectivity index (χ2n) is 10.5. The number of H-pyrrole nitrogens is 1. The van der Waals surface area contributed by atoms with E-state index in [1.54, 1.807) is 13.1 Å². The van der Waals surface area contributed by atoms with Crippen LogP contribution in [0.15, 0.2) is 30.5 Å². The van der Waals surface area contributed by atoms with Crippen molar-refractivity contribution >= 4 is 23.1 Å². The highest BCUT2D eigenvalue weighted by Gasteiger charge is 2.27. The maximum Gasteiger partial charge on any atom is 0.405 e. The molecular formula is C29H33N7O3. The van der Waals surface area contributed by atoms with Crippen LogP contribution in [0.3, 0.4) is 0 Å². The Labute approximate surface area is 226 Å². The molecule has 39 heavy (non-hydrogen) atoms. The van der Waals surface area contributed by atoms with Crippen molar-refractivity contribution in [2.24, 2.45) is 5.92 Å². The molecule has 1 aromatic carbocycles. The maximum atomic E-state index is 11.0. The van der Waals surface area contributed by atoms with Gasteiger partial charge in [-0.05, 0) is 62.8 Å². The molecule has 0 saturated heterocycles. The van der Waals surface area contributed by atoms with Crippen molar-refractivity contribution in [2.45, 2.75) is 59.0 Å². The molecule has 202 valence electrons. The molecule has 4 aromatic rings. The highest BCUT2D eigenvalue weighted by atomic mass is 16.5. The second-order valence-corrected chi connectivity index (χ2v) is 10.5. The smallest absolute Gasteiger partial charge is 0.405 e. The van der Waals surface area contributed by atoms with Crippen LogP contribution in [0.5, 0.6) is 5.75 Å². The number of rotatable bonds is 5. The molecule has 0 unspecified atom stereocenters. The lowest BCUT2D eigenvalue weighted by atomic mass is 9.85. The Balaban J connectivity index is 1.30. The molecule has 0 fully saturated rings. The highest BCUT2D eigenvalue weighted by Crippen LogP contribution is 2.35. The monoisotopic (exact) mass is 527 g/mol. The van der Waals surface area contributed by atoms with Gasteiger partial charge in [0.2, 0.25) is 0 Å². The van der Waals surface area contributed by atoms with Gasteiger partial charge in [0.15, 0.2) is 5.65 Å². The van der Waals surface area contributed by atoms with E-state index in [4.69, 9.17) is 19.8 Å². The predicted molar refractivity (Wildman–Crippen MR) is 148 cm³/mol. The molecule has 2 atom stereocenters. The van der Waals surface area contributed by atoms with Crippen LogP contribution in [-0.2, 0) is 19.4 Å². The summed E-state index contributed by atoms with van der Waals surface area (Å²) < 4.78 is 6.16. The molecule has 6 rings (SSSR count). The molecule has 3 aromatic heterocycles. The van der Waals surface area contributed by atoms with E-state index in [9.17, 15) is 4.79 Å². The van der Waals surface area contributed by atoms with Gasteiger partial charge in [-0.1, -0.05) is 19.4 Å². The third-order valence-corrected chi connectivity index (χ3v) is 7.82. The zero-order chi connectivity index (χ0) is 27.1. The lowest BCUT2D eigenvalue weighted by Gasteiger charge is -2.29. The lowest BCUT2D eigenvalue weighted by Crippen LogP contribution is -2.29. The number of carbonyl (C=O) groups is 1. The number of amides is 1. The largest absolute Gasteiger partial charge is 0.491 e. The van der Waals surface area contributed by atoms with E-state index < -0.39 is 12.1 Å². The first-order valence-electron chi connectivity index (χ1n) is 13.6. The number of aryl methyl sites for hydroxylation is 1. The van der Waals surface area contributed by atoms with Crippen molar-refractivity contribution in [2.75, 3.05) is 18.1 Å². The summed E-state index contributed by atoms with van der Waals surface area (Å²) >= 11 is 0. The van der Waals surface area contributed by atoms with Crippen molar-refractivity contribution < 1.29 is 14.6 Å². The van der Waals surface area contributed by atoms with Crippen LogP contribution in [0.2, 0.25) is 0 Å². The lowest BCUT2D eigenvalue weighted by molar-refractivity contribution is 0.190. The predicted octanol–water partition coefficient (Wildman–Crippen LogP) is 4.97. The standard InChI is InChI=1S/C29H33N7O3/c1-4-18-5-7-22-23(11-18)32-17(3)33-28(22)36-9-10-39-25-8-6-19(12-21(25)15-36)20-13-24-27(30-14-20)35-26(34-24)16(2)31-29(37)38/h6,8,12-14,16,18,31H,4-5,7,9-11,15H2,1-3H3,(H,37,38)(H,30,34,35)/t16-,18-/m0/s1. The first-order valence-corrected chi connectivity index (χ1v) is 13.6. The summed E-state index contributed by atoms with van der Waals surface area (Å²) in [6.07, 6.45) is 5.12. The van der Waals surface area contributed by atoms with E-state index in [0.717, 1.165) is 59.0 Å². The van der Waals surface area contributed by atoms with Crippen LogP contribution < -0.4 is 15.0 Å². The number of pyridine rings is 1. The minimum atomic E-state index is -1.10. The summed E-state index contributed by atoms with van der Waals surface area (Å²) in [7, 11) is 0. The average molecular weight is 528 g/mol. The van der Waals surface area contributed by atoms with Gasteiger partial charge in [-0.3, -0.25) is 0 Å². The number of fused-ring (bicyclic) bond motifs is 3. The molecule has 3 N–H and O–H groups in total. The highest BCUT2D eigenvalue weighted by molar-refractivity contribution is 5.79. The Morgan fingerprint density at radius 2 is 2.13 bits per heavy atom. The fourth-order valence-electron chi connectivity index (χ4n) is 5.69. The molecule has 0 radical (unpaired) electrons. The molecule has 10 nitrogen and oxygen atoms in total. The van der Waals surface area contributed by atoms with E-state index in [1.807, 2.05) is 25.1 Å². The minimum absolute atomic E-state index is 0.472. The van der Waals surface area contributed by atoms with Crippen molar-refractivity contribution in [3.05, 3.63) is 58.9 Å². The van der Waals surface area contributed by atoms with Crippen LogP contribution in [0, 0.1) is 12.8 Å². The van der Waals surface area contributed by atoms with Gasteiger partial charge < -0.3 is 25.0 Å². The number of hydrogen-bond donors (Lipinski definition) is 3. The number of nitrogens with zero attached hydrogens (tertiary/aromatic N) is 5. The van der Waals surface area contributed by atoms with Crippen LogP contribution in [0.4, 0.5) is 10.6 Å². The molecular weight excluding hydrogens is 494 g/mol. The van der Waals surface area contributed by atoms with E-state index in [0.29, 0.717) is 30.5 Å². The second kappa shape index (κ2) is 10.2. The van der Waals surface area contributed by atoms with E-state index >= 15 is 0 Å². The number of imidazole rings is 1. The molecule has 0 bridgehead atoms. The van der Waals surface area contributed by atoms with Gasteiger partial charge in [0.25, 0.3) is 0 Å². The zero-order valence-electron chi connectivity index (χ0n) is 22.5. The number of benzene rings is 1. The number of aromatic amines is 1. The molecule has 10 heteroatoms. The van der Waals surface area contributed by atoms with Gasteiger partial charge in [-0.25, -0.2) is 24.7 Å². The number of anilines is 1. The van der Waals surface area contributed by atoms with Crippen LogP contribution in [-0.4, -0.2) is 49.3 Å². The van der Waals surface area contributed by atoms with E-state index in [-0.39, 0.29) is 0 Å². The Bertz CT molecular complexity index is 1550. The molecule has 4 heterocycles. The van der Waals surface area contributed by atoms with Crippen molar-refractivity contribution in [1.29, 1.82) is 0 Å². The van der Waals surface area contributed by atoms with Crippen molar-refractivity contribution in [3.8, 4) is 16.9 Å². The van der Waals surface area contributed by atoms with Crippen LogP contribution in [0.25, 0.3) is 22.3 Å². The van der Waals surface area contributed by atoms with Gasteiger partial charge in [0, 0.05) is 35.1 Å². The van der Waals surface area contributed by atoms with E-state index in [2.05, 4.69) is 38.2 Å². The first-order chi connectivity index (χ1) is 18.9. The summed E-state index contributed by atoms with van der Waals surface area (Å²) in [5.41, 5.74) is 6.86. The van der Waals surface area contributed by atoms with Gasteiger partial charge >= 0.3 is 6.09 Å². The Kier molecular flexibility index (Phi) is 6.54. The van der Waals surface area contributed by atoms with Gasteiger partial charge in [-0.15, -0.1) is 0 Å². The quantitative estimate of drug-likeness (QED) is 0.332.